The number of hydrogen-bond acceptors (Lipinski definition) is 5. The highest BCUT2D eigenvalue weighted by atomic mass is 32.2. The number of nitriles is 1. The van der Waals surface area contributed by atoms with Crippen LogP contribution in [0.1, 0.15) is 25.8 Å². The molecule has 0 radical (unpaired) electrons. The van der Waals surface area contributed by atoms with Gasteiger partial charge in [-0.3, -0.25) is 0 Å². The number of benzene rings is 1. The molecule has 0 aliphatic heterocycles. The van der Waals surface area contributed by atoms with E-state index in [4.69, 9.17) is 5.26 Å². The number of hydrogen-bond donors (Lipinski definition) is 0. The molecule has 7 heteroatoms. The molecule has 0 amide bonds. The summed E-state index contributed by atoms with van der Waals surface area (Å²) in [7, 11) is -7.01. The maximum atomic E-state index is 12.1. The van der Waals surface area contributed by atoms with Gasteiger partial charge in [-0.2, -0.15) is 5.26 Å². The molecule has 0 fully saturated rings. The minimum absolute atomic E-state index is 0.00750. The Bertz CT molecular complexity index is 711. The van der Waals surface area contributed by atoms with E-state index in [0.717, 1.165) is 0 Å². The molecule has 0 aromatic heterocycles. The lowest BCUT2D eigenvalue weighted by molar-refractivity contribution is 0.572. The molecule has 1 aromatic carbocycles. The molecule has 0 aliphatic carbocycles. The zero-order chi connectivity index (χ0) is 16.1. The van der Waals surface area contributed by atoms with Crippen molar-refractivity contribution in [1.82, 2.24) is 0 Å². The Morgan fingerprint density at radius 3 is 2.05 bits per heavy atom. The lowest BCUT2D eigenvalue weighted by Gasteiger charge is -2.07. The van der Waals surface area contributed by atoms with Crippen LogP contribution < -0.4 is 0 Å². The molecule has 0 heterocycles. The van der Waals surface area contributed by atoms with Gasteiger partial charge in [-0.15, -0.1) is 0 Å². The van der Waals surface area contributed by atoms with Gasteiger partial charge in [0.05, 0.1) is 33.8 Å². The van der Waals surface area contributed by atoms with E-state index in [1.807, 2.05) is 19.9 Å². The highest BCUT2D eigenvalue weighted by Gasteiger charge is 2.20. The molecule has 5 nitrogen and oxygen atoms in total. The van der Waals surface area contributed by atoms with Crippen LogP contribution >= 0.6 is 0 Å². The van der Waals surface area contributed by atoms with E-state index in [2.05, 4.69) is 0 Å². The first kappa shape index (κ1) is 17.7. The van der Waals surface area contributed by atoms with Crippen LogP contribution in [0.5, 0.6) is 0 Å². The van der Waals surface area contributed by atoms with Crippen LogP contribution in [0.25, 0.3) is 0 Å². The molecular formula is C14H19NO4S2. The first-order valence-electron chi connectivity index (χ1n) is 6.59. The van der Waals surface area contributed by atoms with Crippen molar-refractivity contribution in [2.75, 3.05) is 17.3 Å². The third kappa shape index (κ3) is 5.86. The van der Waals surface area contributed by atoms with Gasteiger partial charge in [0.2, 0.25) is 0 Å². The van der Waals surface area contributed by atoms with E-state index in [9.17, 15) is 16.8 Å². The van der Waals surface area contributed by atoms with Crippen molar-refractivity contribution in [2.24, 2.45) is 5.92 Å². The Labute approximate surface area is 126 Å². The van der Waals surface area contributed by atoms with Crippen LogP contribution in [-0.2, 0) is 19.7 Å². The van der Waals surface area contributed by atoms with Crippen LogP contribution in [0.2, 0.25) is 0 Å². The van der Waals surface area contributed by atoms with Gasteiger partial charge in [0.25, 0.3) is 0 Å². The standard InChI is InChI=1S/C14H19NO4S2/c1-12(2)7-8-20(16,17)9-10-21(18,19)14-5-3-13(11-15)4-6-14/h3-6,12H,7-10H2,1-2H3. The van der Waals surface area contributed by atoms with E-state index in [-0.39, 0.29) is 22.3 Å². The summed E-state index contributed by atoms with van der Waals surface area (Å²) >= 11 is 0. The average molecular weight is 329 g/mol. The summed E-state index contributed by atoms with van der Waals surface area (Å²) in [5, 5.41) is 8.67. The van der Waals surface area contributed by atoms with Crippen molar-refractivity contribution < 1.29 is 16.8 Å². The Morgan fingerprint density at radius 1 is 1.00 bits per heavy atom. The summed E-state index contributed by atoms with van der Waals surface area (Å²) in [4.78, 5) is 0.0422. The quantitative estimate of drug-likeness (QED) is 0.760. The fourth-order valence-electron chi connectivity index (χ4n) is 1.61. The number of rotatable bonds is 7. The van der Waals surface area contributed by atoms with Gasteiger partial charge >= 0.3 is 0 Å². The maximum absolute atomic E-state index is 12.1. The molecule has 116 valence electrons. The molecule has 0 atom stereocenters. The number of nitrogens with zero attached hydrogens (tertiary/aromatic N) is 1. The summed E-state index contributed by atoms with van der Waals surface area (Å²) < 4.78 is 47.8. The first-order valence-corrected chi connectivity index (χ1v) is 10.1. The van der Waals surface area contributed by atoms with Gasteiger partial charge < -0.3 is 0 Å². The normalized spacial score (nSPS) is 12.3. The van der Waals surface area contributed by atoms with Crippen LogP contribution in [0.4, 0.5) is 0 Å². The molecule has 0 bridgehead atoms. The monoisotopic (exact) mass is 329 g/mol. The molecule has 0 saturated heterocycles. The van der Waals surface area contributed by atoms with E-state index < -0.39 is 25.4 Å². The van der Waals surface area contributed by atoms with E-state index in [0.29, 0.717) is 12.0 Å². The van der Waals surface area contributed by atoms with Gasteiger partial charge in [0, 0.05) is 0 Å². The molecule has 0 aliphatic rings. The van der Waals surface area contributed by atoms with Gasteiger partial charge in [0.15, 0.2) is 19.7 Å². The Hall–Kier alpha value is -1.39. The van der Waals surface area contributed by atoms with E-state index in [1.54, 1.807) is 0 Å². The highest BCUT2D eigenvalue weighted by molar-refractivity contribution is 7.95. The molecule has 0 saturated carbocycles. The predicted molar refractivity (Wildman–Crippen MR) is 81.3 cm³/mol. The summed E-state index contributed by atoms with van der Waals surface area (Å²) in [6.07, 6.45) is 0.527. The van der Waals surface area contributed by atoms with Crippen LogP contribution in [0, 0.1) is 17.2 Å². The Balaban J connectivity index is 2.75. The molecule has 0 spiro atoms. The third-order valence-electron chi connectivity index (χ3n) is 3.01. The van der Waals surface area contributed by atoms with Crippen molar-refractivity contribution in [3.05, 3.63) is 29.8 Å². The second-order valence-electron chi connectivity index (χ2n) is 5.29. The molecule has 0 N–H and O–H groups in total. The van der Waals surface area contributed by atoms with E-state index >= 15 is 0 Å². The fourth-order valence-corrected chi connectivity index (χ4v) is 5.32. The fraction of sp³-hybridized carbons (Fsp3) is 0.500. The molecular weight excluding hydrogens is 310 g/mol. The molecule has 1 aromatic rings. The summed E-state index contributed by atoms with van der Waals surface area (Å²) in [5.74, 6) is -0.538. The smallest absolute Gasteiger partial charge is 0.179 e. The predicted octanol–water partition coefficient (Wildman–Crippen LogP) is 1.79. The average Bonchev–Trinajstić information content (AvgIpc) is 2.44. The van der Waals surface area contributed by atoms with Crippen LogP contribution in [-0.4, -0.2) is 34.1 Å². The molecule has 21 heavy (non-hydrogen) atoms. The Morgan fingerprint density at radius 2 is 1.57 bits per heavy atom. The largest absolute Gasteiger partial charge is 0.229 e. The van der Waals surface area contributed by atoms with Gasteiger partial charge in [0.1, 0.15) is 0 Å². The van der Waals surface area contributed by atoms with Crippen molar-refractivity contribution in [1.29, 1.82) is 5.26 Å². The summed E-state index contributed by atoms with van der Waals surface area (Å²) in [6.45, 7) is 3.84. The highest BCUT2D eigenvalue weighted by Crippen LogP contribution is 2.13. The lowest BCUT2D eigenvalue weighted by Crippen LogP contribution is -2.20. The second-order valence-corrected chi connectivity index (χ2v) is 9.70. The minimum Gasteiger partial charge on any atom is -0.229 e. The van der Waals surface area contributed by atoms with Crippen molar-refractivity contribution in [2.45, 2.75) is 25.2 Å². The van der Waals surface area contributed by atoms with Crippen LogP contribution in [0.15, 0.2) is 29.2 Å². The maximum Gasteiger partial charge on any atom is 0.179 e. The van der Waals surface area contributed by atoms with Gasteiger partial charge in [-0.05, 0) is 36.6 Å². The molecule has 0 unspecified atom stereocenters. The number of sulfone groups is 2. The zero-order valence-corrected chi connectivity index (χ0v) is 13.7. The first-order chi connectivity index (χ1) is 9.66. The zero-order valence-electron chi connectivity index (χ0n) is 12.1. The van der Waals surface area contributed by atoms with Crippen molar-refractivity contribution in [3.8, 4) is 6.07 Å². The van der Waals surface area contributed by atoms with Crippen molar-refractivity contribution >= 4 is 19.7 Å². The lowest BCUT2D eigenvalue weighted by atomic mass is 10.2. The van der Waals surface area contributed by atoms with E-state index in [1.165, 1.54) is 24.3 Å². The topological polar surface area (TPSA) is 92.1 Å². The SMILES string of the molecule is CC(C)CCS(=O)(=O)CCS(=O)(=O)c1ccc(C#N)cc1. The Kier molecular flexibility index (Phi) is 5.93. The van der Waals surface area contributed by atoms with Crippen LogP contribution in [0.3, 0.4) is 0 Å². The summed E-state index contributed by atoms with van der Waals surface area (Å²) in [6, 6.07) is 7.36. The summed E-state index contributed by atoms with van der Waals surface area (Å²) in [5.41, 5.74) is 0.360. The van der Waals surface area contributed by atoms with Gasteiger partial charge in [-0.25, -0.2) is 16.8 Å². The van der Waals surface area contributed by atoms with Crippen molar-refractivity contribution in [3.63, 3.8) is 0 Å². The van der Waals surface area contributed by atoms with Gasteiger partial charge in [-0.1, -0.05) is 13.8 Å². The third-order valence-corrected chi connectivity index (χ3v) is 6.69. The minimum atomic E-state index is -3.65. The molecule has 1 rings (SSSR count). The second kappa shape index (κ2) is 7.05.